The highest BCUT2D eigenvalue weighted by Crippen LogP contribution is 2.40. The molecule has 3 heterocycles. The Morgan fingerprint density at radius 3 is 2.68 bits per heavy atom. The van der Waals surface area contributed by atoms with Gasteiger partial charge in [-0.3, -0.25) is 9.69 Å². The van der Waals surface area contributed by atoms with E-state index < -0.39 is 5.41 Å². The van der Waals surface area contributed by atoms with E-state index in [1.165, 1.54) is 6.42 Å². The second kappa shape index (κ2) is 7.05. The third-order valence-corrected chi connectivity index (χ3v) is 6.32. The van der Waals surface area contributed by atoms with E-state index in [1.54, 1.807) is 11.1 Å². The Labute approximate surface area is 167 Å². The molecule has 0 bridgehead atoms. The fourth-order valence-corrected chi connectivity index (χ4v) is 4.83. The quantitative estimate of drug-likeness (QED) is 0.754. The summed E-state index contributed by atoms with van der Waals surface area (Å²) in [4.78, 5) is 33.6. The molecule has 0 N–H and O–H groups in total. The third kappa shape index (κ3) is 3.49. The molecule has 4 rings (SSSR count). The van der Waals surface area contributed by atoms with Crippen molar-refractivity contribution in [2.45, 2.75) is 77.4 Å². The number of anilines is 1. The predicted octanol–water partition coefficient (Wildman–Crippen LogP) is 4.45. The summed E-state index contributed by atoms with van der Waals surface area (Å²) in [6.07, 6.45) is 8.71. The lowest BCUT2D eigenvalue weighted by molar-refractivity contribution is -0.140. The van der Waals surface area contributed by atoms with Crippen molar-refractivity contribution >= 4 is 17.8 Å². The van der Waals surface area contributed by atoms with E-state index in [0.29, 0.717) is 12.4 Å². The minimum atomic E-state index is -0.398. The SMILES string of the molecule is CC(C)(C)C(=O)N1CCCC1c1ccnc(N2CC3(CCCCC3)OC2=O)c1. The molecule has 2 aliphatic heterocycles. The van der Waals surface area contributed by atoms with Crippen LogP contribution >= 0.6 is 0 Å². The maximum absolute atomic E-state index is 12.9. The molecule has 2 amide bonds. The zero-order valence-corrected chi connectivity index (χ0v) is 17.2. The first kappa shape index (κ1) is 19.2. The molecule has 6 nitrogen and oxygen atoms in total. The molecule has 2 saturated heterocycles. The van der Waals surface area contributed by atoms with Gasteiger partial charge in [0.1, 0.15) is 11.4 Å². The van der Waals surface area contributed by atoms with Gasteiger partial charge >= 0.3 is 6.09 Å². The number of hydrogen-bond acceptors (Lipinski definition) is 4. The summed E-state index contributed by atoms with van der Waals surface area (Å²) in [5.41, 5.74) is 0.316. The van der Waals surface area contributed by atoms with Gasteiger partial charge in [0.2, 0.25) is 5.91 Å². The molecule has 3 fully saturated rings. The van der Waals surface area contributed by atoms with Gasteiger partial charge in [0.25, 0.3) is 0 Å². The summed E-state index contributed by atoms with van der Waals surface area (Å²) in [5.74, 6) is 0.815. The molecule has 1 aromatic rings. The molecule has 1 spiro atoms. The first-order valence-electron chi connectivity index (χ1n) is 10.6. The molecule has 28 heavy (non-hydrogen) atoms. The van der Waals surface area contributed by atoms with Crippen LogP contribution in [0.1, 0.15) is 77.3 Å². The largest absolute Gasteiger partial charge is 0.441 e. The molecule has 1 aliphatic carbocycles. The van der Waals surface area contributed by atoms with Gasteiger partial charge in [-0.05, 0) is 56.2 Å². The number of amides is 2. The highest BCUT2D eigenvalue weighted by Gasteiger charge is 2.46. The fraction of sp³-hybridized carbons (Fsp3) is 0.682. The van der Waals surface area contributed by atoms with Crippen LogP contribution in [-0.4, -0.2) is 40.6 Å². The van der Waals surface area contributed by atoms with Gasteiger partial charge in [-0.2, -0.15) is 0 Å². The zero-order chi connectivity index (χ0) is 19.9. The molecular formula is C22H31N3O3. The summed E-state index contributed by atoms with van der Waals surface area (Å²) in [7, 11) is 0. The first-order valence-corrected chi connectivity index (χ1v) is 10.6. The highest BCUT2D eigenvalue weighted by atomic mass is 16.6. The lowest BCUT2D eigenvalue weighted by atomic mass is 9.85. The highest BCUT2D eigenvalue weighted by molar-refractivity contribution is 5.89. The zero-order valence-electron chi connectivity index (χ0n) is 17.2. The van der Waals surface area contributed by atoms with Crippen molar-refractivity contribution in [3.63, 3.8) is 0 Å². The van der Waals surface area contributed by atoms with Gasteiger partial charge in [-0.15, -0.1) is 0 Å². The van der Waals surface area contributed by atoms with Crippen molar-refractivity contribution in [1.29, 1.82) is 0 Å². The molecular weight excluding hydrogens is 354 g/mol. The summed E-state index contributed by atoms with van der Waals surface area (Å²) in [6, 6.07) is 4.00. The average Bonchev–Trinajstić information content (AvgIpc) is 3.26. The Morgan fingerprint density at radius 1 is 1.21 bits per heavy atom. The number of carbonyl (C=O) groups excluding carboxylic acids is 2. The van der Waals surface area contributed by atoms with E-state index in [1.807, 2.05) is 37.8 Å². The Kier molecular flexibility index (Phi) is 4.84. The maximum atomic E-state index is 12.9. The summed E-state index contributed by atoms with van der Waals surface area (Å²) < 4.78 is 5.81. The van der Waals surface area contributed by atoms with Crippen LogP contribution < -0.4 is 4.90 Å². The van der Waals surface area contributed by atoms with Crippen molar-refractivity contribution in [3.8, 4) is 0 Å². The van der Waals surface area contributed by atoms with Gasteiger partial charge in [0.15, 0.2) is 0 Å². The monoisotopic (exact) mass is 385 g/mol. The third-order valence-electron chi connectivity index (χ3n) is 6.32. The second-order valence-electron chi connectivity index (χ2n) is 9.55. The van der Waals surface area contributed by atoms with Crippen LogP contribution in [0, 0.1) is 5.41 Å². The number of ether oxygens (including phenoxy) is 1. The smallest absolute Gasteiger partial charge is 0.416 e. The van der Waals surface area contributed by atoms with Crippen molar-refractivity contribution in [2.75, 3.05) is 18.0 Å². The van der Waals surface area contributed by atoms with Gasteiger partial charge in [-0.1, -0.05) is 27.2 Å². The Hall–Kier alpha value is -2.11. The molecule has 1 aromatic heterocycles. The molecule has 3 aliphatic rings. The van der Waals surface area contributed by atoms with Crippen molar-refractivity contribution in [3.05, 3.63) is 23.9 Å². The number of rotatable bonds is 2. The molecule has 1 unspecified atom stereocenters. The van der Waals surface area contributed by atoms with Gasteiger partial charge in [0.05, 0.1) is 12.6 Å². The van der Waals surface area contributed by atoms with Gasteiger partial charge in [-0.25, -0.2) is 9.78 Å². The number of carbonyl (C=O) groups is 2. The lowest BCUT2D eigenvalue weighted by Crippen LogP contribution is -2.39. The summed E-state index contributed by atoms with van der Waals surface area (Å²) in [6.45, 7) is 7.26. The predicted molar refractivity (Wildman–Crippen MR) is 107 cm³/mol. The second-order valence-corrected chi connectivity index (χ2v) is 9.55. The van der Waals surface area contributed by atoms with Crippen molar-refractivity contribution < 1.29 is 14.3 Å². The minimum Gasteiger partial charge on any atom is -0.441 e. The minimum absolute atomic E-state index is 0.0516. The van der Waals surface area contributed by atoms with Crippen LogP contribution in [0.3, 0.4) is 0 Å². The van der Waals surface area contributed by atoms with Gasteiger partial charge in [0, 0.05) is 18.2 Å². The van der Waals surface area contributed by atoms with E-state index in [9.17, 15) is 9.59 Å². The molecule has 152 valence electrons. The Balaban J connectivity index is 1.56. The van der Waals surface area contributed by atoms with E-state index in [-0.39, 0.29) is 23.6 Å². The van der Waals surface area contributed by atoms with E-state index >= 15 is 0 Å². The van der Waals surface area contributed by atoms with Crippen LogP contribution in [0.15, 0.2) is 18.3 Å². The molecule has 0 aromatic carbocycles. The number of aromatic nitrogens is 1. The van der Waals surface area contributed by atoms with Crippen molar-refractivity contribution in [1.82, 2.24) is 9.88 Å². The lowest BCUT2D eigenvalue weighted by Gasteiger charge is -2.31. The van der Waals surface area contributed by atoms with Crippen molar-refractivity contribution in [2.24, 2.45) is 5.41 Å². The van der Waals surface area contributed by atoms with E-state index in [2.05, 4.69) is 4.98 Å². The topological polar surface area (TPSA) is 62.7 Å². The van der Waals surface area contributed by atoms with E-state index in [4.69, 9.17) is 4.74 Å². The Morgan fingerprint density at radius 2 is 1.96 bits per heavy atom. The number of pyridine rings is 1. The molecule has 6 heteroatoms. The van der Waals surface area contributed by atoms with Crippen LogP contribution in [0.2, 0.25) is 0 Å². The molecule has 1 saturated carbocycles. The van der Waals surface area contributed by atoms with Crippen LogP contribution in [-0.2, 0) is 9.53 Å². The first-order chi connectivity index (χ1) is 13.3. The molecule has 0 radical (unpaired) electrons. The van der Waals surface area contributed by atoms with Gasteiger partial charge < -0.3 is 9.64 Å². The van der Waals surface area contributed by atoms with E-state index in [0.717, 1.165) is 50.6 Å². The van der Waals surface area contributed by atoms with Crippen LogP contribution in [0.4, 0.5) is 10.6 Å². The van der Waals surface area contributed by atoms with Crippen LogP contribution in [0.25, 0.3) is 0 Å². The van der Waals surface area contributed by atoms with Crippen LogP contribution in [0.5, 0.6) is 0 Å². The number of nitrogens with zero attached hydrogens (tertiary/aromatic N) is 3. The normalized spacial score (nSPS) is 24.7. The Bertz CT molecular complexity index is 765. The standard InChI is InChI=1S/C22H31N3O3/c1-21(2,3)19(26)24-13-7-8-17(24)16-9-12-23-18(14-16)25-15-22(28-20(25)27)10-5-4-6-11-22/h9,12,14,17H,4-8,10-11,13,15H2,1-3H3. The number of hydrogen-bond donors (Lipinski definition) is 0. The number of likely N-dealkylation sites (tertiary alicyclic amines) is 1. The molecule has 1 atom stereocenters. The maximum Gasteiger partial charge on any atom is 0.416 e. The summed E-state index contributed by atoms with van der Waals surface area (Å²) >= 11 is 0. The summed E-state index contributed by atoms with van der Waals surface area (Å²) in [5, 5.41) is 0. The average molecular weight is 386 g/mol. The fourth-order valence-electron chi connectivity index (χ4n) is 4.83.